The molecule has 18 heavy (non-hydrogen) atoms. The van der Waals surface area contributed by atoms with Gasteiger partial charge in [0.15, 0.2) is 0 Å². The van der Waals surface area contributed by atoms with Crippen LogP contribution >= 0.6 is 0 Å². The molecule has 1 aliphatic rings. The minimum Gasteiger partial charge on any atom is -0.395 e. The van der Waals surface area contributed by atoms with Crippen molar-refractivity contribution in [2.45, 2.75) is 31.7 Å². The molecule has 1 saturated carbocycles. The van der Waals surface area contributed by atoms with Gasteiger partial charge in [0, 0.05) is 24.5 Å². The molecular weight excluding hydrogens is 230 g/mol. The monoisotopic (exact) mass is 249 g/mol. The second-order valence-electron chi connectivity index (χ2n) is 4.62. The molecule has 0 bridgehead atoms. The van der Waals surface area contributed by atoms with E-state index in [-0.39, 0.29) is 12.3 Å². The number of aliphatic hydroxyl groups excluding tert-OH is 1. The number of hydrogen-bond donors (Lipinski definition) is 2. The van der Waals surface area contributed by atoms with Gasteiger partial charge in [0.25, 0.3) is 5.91 Å². The van der Waals surface area contributed by atoms with E-state index in [9.17, 15) is 9.90 Å². The van der Waals surface area contributed by atoms with Crippen molar-refractivity contribution < 1.29 is 9.90 Å². The average Bonchev–Trinajstić information content (AvgIpc) is 2.89. The van der Waals surface area contributed by atoms with Crippen LogP contribution in [0.4, 0.5) is 5.69 Å². The van der Waals surface area contributed by atoms with Gasteiger partial charge in [0.05, 0.1) is 6.61 Å². The number of hydrogen-bond acceptors (Lipinski definition) is 4. The van der Waals surface area contributed by atoms with Gasteiger partial charge in [0.2, 0.25) is 0 Å². The number of nitrogens with two attached hydrogens (primary N) is 1. The standard InChI is InChI=1S/C13H19N3O2/c14-13(18)12-9-11(5-6-15-12)16(7-8-17)10-3-1-2-4-10/h5-6,9-10,17H,1-4,7-8H2,(H2,14,18). The largest absolute Gasteiger partial charge is 0.395 e. The molecular formula is C13H19N3O2. The Labute approximate surface area is 107 Å². The fraction of sp³-hybridized carbons (Fsp3) is 0.538. The lowest BCUT2D eigenvalue weighted by Crippen LogP contribution is -2.35. The summed E-state index contributed by atoms with van der Waals surface area (Å²) in [6.45, 7) is 0.678. The van der Waals surface area contributed by atoms with E-state index >= 15 is 0 Å². The summed E-state index contributed by atoms with van der Waals surface area (Å²) in [5.74, 6) is -0.521. The molecule has 1 aromatic heterocycles. The van der Waals surface area contributed by atoms with Crippen LogP contribution in [0.5, 0.6) is 0 Å². The van der Waals surface area contributed by atoms with Crippen molar-refractivity contribution in [3.05, 3.63) is 24.0 Å². The Morgan fingerprint density at radius 1 is 1.50 bits per heavy atom. The van der Waals surface area contributed by atoms with E-state index in [1.165, 1.54) is 12.8 Å². The summed E-state index contributed by atoms with van der Waals surface area (Å²) in [5.41, 5.74) is 6.43. The first-order valence-corrected chi connectivity index (χ1v) is 6.35. The normalized spacial score (nSPS) is 15.8. The third-order valence-corrected chi connectivity index (χ3v) is 3.43. The first kappa shape index (κ1) is 12.8. The molecule has 5 heteroatoms. The van der Waals surface area contributed by atoms with Crippen LogP contribution in [0.25, 0.3) is 0 Å². The minimum atomic E-state index is -0.521. The number of anilines is 1. The zero-order valence-corrected chi connectivity index (χ0v) is 10.4. The first-order valence-electron chi connectivity index (χ1n) is 6.35. The molecule has 0 saturated heterocycles. The van der Waals surface area contributed by atoms with E-state index in [2.05, 4.69) is 9.88 Å². The summed E-state index contributed by atoms with van der Waals surface area (Å²) in [4.78, 5) is 17.2. The van der Waals surface area contributed by atoms with Crippen LogP contribution in [0.3, 0.4) is 0 Å². The molecule has 1 aromatic rings. The number of carbonyl (C=O) groups excluding carboxylic acids is 1. The van der Waals surface area contributed by atoms with Gasteiger partial charge in [-0.25, -0.2) is 0 Å². The predicted octanol–water partition coefficient (Wildman–Crippen LogP) is 0.922. The highest BCUT2D eigenvalue weighted by atomic mass is 16.3. The number of nitrogens with zero attached hydrogens (tertiary/aromatic N) is 2. The zero-order chi connectivity index (χ0) is 13.0. The highest BCUT2D eigenvalue weighted by molar-refractivity contribution is 5.91. The Morgan fingerprint density at radius 2 is 2.22 bits per heavy atom. The first-order chi connectivity index (χ1) is 8.72. The summed E-state index contributed by atoms with van der Waals surface area (Å²) in [6.07, 6.45) is 6.30. The van der Waals surface area contributed by atoms with Crippen molar-refractivity contribution in [1.29, 1.82) is 0 Å². The van der Waals surface area contributed by atoms with Crippen LogP contribution in [-0.4, -0.2) is 35.2 Å². The zero-order valence-electron chi connectivity index (χ0n) is 10.4. The van der Waals surface area contributed by atoms with Gasteiger partial charge in [-0.15, -0.1) is 0 Å². The maximum Gasteiger partial charge on any atom is 0.267 e. The number of amides is 1. The molecule has 0 unspecified atom stereocenters. The van der Waals surface area contributed by atoms with Crippen LogP contribution in [0.2, 0.25) is 0 Å². The van der Waals surface area contributed by atoms with Gasteiger partial charge in [-0.05, 0) is 25.0 Å². The molecule has 2 rings (SSSR count). The Morgan fingerprint density at radius 3 is 2.83 bits per heavy atom. The van der Waals surface area contributed by atoms with Gasteiger partial charge >= 0.3 is 0 Å². The molecule has 0 aliphatic heterocycles. The highest BCUT2D eigenvalue weighted by Gasteiger charge is 2.23. The van der Waals surface area contributed by atoms with Gasteiger partial charge in [0.1, 0.15) is 5.69 Å². The summed E-state index contributed by atoms with van der Waals surface area (Å²) >= 11 is 0. The van der Waals surface area contributed by atoms with Crippen LogP contribution in [-0.2, 0) is 0 Å². The second-order valence-corrected chi connectivity index (χ2v) is 4.62. The molecule has 1 aliphatic carbocycles. The molecule has 3 N–H and O–H groups in total. The highest BCUT2D eigenvalue weighted by Crippen LogP contribution is 2.28. The van der Waals surface area contributed by atoms with Crippen molar-refractivity contribution in [3.63, 3.8) is 0 Å². The van der Waals surface area contributed by atoms with Crippen molar-refractivity contribution >= 4 is 11.6 Å². The quantitative estimate of drug-likeness (QED) is 0.813. The molecule has 0 spiro atoms. The maximum atomic E-state index is 11.1. The summed E-state index contributed by atoms with van der Waals surface area (Å²) in [5, 5.41) is 9.19. The number of carbonyl (C=O) groups is 1. The van der Waals surface area contributed by atoms with Gasteiger partial charge in [-0.2, -0.15) is 0 Å². The number of rotatable bonds is 5. The number of pyridine rings is 1. The van der Waals surface area contributed by atoms with Gasteiger partial charge in [-0.1, -0.05) is 12.8 Å². The van der Waals surface area contributed by atoms with Crippen molar-refractivity contribution in [1.82, 2.24) is 4.98 Å². The summed E-state index contributed by atoms with van der Waals surface area (Å²) < 4.78 is 0. The molecule has 0 radical (unpaired) electrons. The Balaban J connectivity index is 2.23. The lowest BCUT2D eigenvalue weighted by molar-refractivity contribution is 0.0995. The van der Waals surface area contributed by atoms with Crippen LogP contribution < -0.4 is 10.6 Å². The van der Waals surface area contributed by atoms with Crippen LogP contribution in [0.15, 0.2) is 18.3 Å². The van der Waals surface area contributed by atoms with E-state index in [4.69, 9.17) is 5.73 Å². The minimum absolute atomic E-state index is 0.102. The fourth-order valence-electron chi connectivity index (χ4n) is 2.58. The van der Waals surface area contributed by atoms with E-state index in [1.807, 2.05) is 6.07 Å². The van der Waals surface area contributed by atoms with Crippen LogP contribution in [0.1, 0.15) is 36.2 Å². The molecule has 0 aromatic carbocycles. The van der Waals surface area contributed by atoms with Crippen molar-refractivity contribution in [3.8, 4) is 0 Å². The Hall–Kier alpha value is -1.62. The number of aromatic nitrogens is 1. The van der Waals surface area contributed by atoms with Gasteiger partial charge in [-0.3, -0.25) is 9.78 Å². The van der Waals surface area contributed by atoms with E-state index < -0.39 is 5.91 Å². The smallest absolute Gasteiger partial charge is 0.267 e. The Kier molecular flexibility index (Phi) is 4.15. The van der Waals surface area contributed by atoms with E-state index in [1.54, 1.807) is 12.3 Å². The van der Waals surface area contributed by atoms with E-state index in [0.29, 0.717) is 12.6 Å². The lowest BCUT2D eigenvalue weighted by atomic mass is 10.1. The van der Waals surface area contributed by atoms with Crippen molar-refractivity contribution in [2.24, 2.45) is 5.73 Å². The third kappa shape index (κ3) is 2.79. The third-order valence-electron chi connectivity index (χ3n) is 3.43. The van der Waals surface area contributed by atoms with E-state index in [0.717, 1.165) is 18.5 Å². The Bertz CT molecular complexity index is 416. The average molecular weight is 249 g/mol. The summed E-state index contributed by atoms with van der Waals surface area (Å²) in [6, 6.07) is 4.01. The SMILES string of the molecule is NC(=O)c1cc(N(CCO)C2CCCC2)ccn1. The lowest BCUT2D eigenvalue weighted by Gasteiger charge is -2.30. The van der Waals surface area contributed by atoms with Crippen LogP contribution in [0, 0.1) is 0 Å². The molecule has 98 valence electrons. The predicted molar refractivity (Wildman–Crippen MR) is 69.4 cm³/mol. The maximum absolute atomic E-state index is 11.1. The topological polar surface area (TPSA) is 79.5 Å². The molecule has 1 amide bonds. The molecule has 1 fully saturated rings. The fourth-order valence-corrected chi connectivity index (χ4v) is 2.58. The molecule has 0 atom stereocenters. The number of aliphatic hydroxyl groups is 1. The van der Waals surface area contributed by atoms with Crippen molar-refractivity contribution in [2.75, 3.05) is 18.1 Å². The second kappa shape index (κ2) is 5.82. The summed E-state index contributed by atoms with van der Waals surface area (Å²) in [7, 11) is 0. The van der Waals surface area contributed by atoms with Gasteiger partial charge < -0.3 is 15.7 Å². The molecule has 5 nitrogen and oxygen atoms in total. The number of primary amides is 1. The molecule has 1 heterocycles.